The standard InChI is InChI=1S/C19H14N6OS2/c1-25-10-14(8-22-25)18-23-16(11-27-18)17(26)24-19-21-9-15(28-19)6-12-2-4-13(7-20)5-3-12/h2-5,8-11H,6H2,1H3,(H,21,24,26). The molecular weight excluding hydrogens is 392 g/mol. The van der Waals surface area contributed by atoms with E-state index < -0.39 is 0 Å². The molecular formula is C19H14N6OS2. The summed E-state index contributed by atoms with van der Waals surface area (Å²) in [5.41, 5.74) is 2.95. The van der Waals surface area contributed by atoms with Crippen molar-refractivity contribution in [2.75, 3.05) is 5.32 Å². The van der Waals surface area contributed by atoms with Crippen molar-refractivity contribution in [2.45, 2.75) is 6.42 Å². The molecule has 0 bridgehead atoms. The smallest absolute Gasteiger partial charge is 0.276 e. The van der Waals surface area contributed by atoms with E-state index >= 15 is 0 Å². The number of carbonyl (C=O) groups excluding carboxylic acids is 1. The third-order valence-electron chi connectivity index (χ3n) is 3.92. The molecule has 1 N–H and O–H groups in total. The van der Waals surface area contributed by atoms with Gasteiger partial charge < -0.3 is 0 Å². The minimum atomic E-state index is -0.286. The van der Waals surface area contributed by atoms with Crippen molar-refractivity contribution in [1.29, 1.82) is 5.26 Å². The zero-order valence-electron chi connectivity index (χ0n) is 14.8. The molecule has 28 heavy (non-hydrogen) atoms. The van der Waals surface area contributed by atoms with E-state index in [0.717, 1.165) is 21.0 Å². The third kappa shape index (κ3) is 3.98. The number of aromatic nitrogens is 4. The Morgan fingerprint density at radius 2 is 2.11 bits per heavy atom. The molecule has 0 radical (unpaired) electrons. The third-order valence-corrected chi connectivity index (χ3v) is 5.73. The van der Waals surface area contributed by atoms with E-state index in [1.165, 1.54) is 22.7 Å². The maximum atomic E-state index is 12.5. The highest BCUT2D eigenvalue weighted by Crippen LogP contribution is 2.25. The van der Waals surface area contributed by atoms with Crippen LogP contribution in [0.1, 0.15) is 26.5 Å². The van der Waals surface area contributed by atoms with Gasteiger partial charge in [0.05, 0.1) is 17.8 Å². The van der Waals surface area contributed by atoms with Crippen molar-refractivity contribution in [1.82, 2.24) is 19.7 Å². The van der Waals surface area contributed by atoms with Crippen LogP contribution in [0.4, 0.5) is 5.13 Å². The summed E-state index contributed by atoms with van der Waals surface area (Å²) in [5, 5.41) is 18.8. The molecule has 0 fully saturated rings. The maximum absolute atomic E-state index is 12.5. The Bertz CT molecular complexity index is 1170. The van der Waals surface area contributed by atoms with Crippen molar-refractivity contribution in [3.8, 4) is 16.6 Å². The van der Waals surface area contributed by atoms with E-state index in [1.807, 2.05) is 25.4 Å². The van der Waals surface area contributed by atoms with E-state index in [-0.39, 0.29) is 5.91 Å². The zero-order chi connectivity index (χ0) is 19.5. The fraction of sp³-hybridized carbons (Fsp3) is 0.105. The van der Waals surface area contributed by atoms with Gasteiger partial charge in [-0.05, 0) is 17.7 Å². The Morgan fingerprint density at radius 3 is 2.82 bits per heavy atom. The summed E-state index contributed by atoms with van der Waals surface area (Å²) < 4.78 is 1.70. The van der Waals surface area contributed by atoms with Crippen LogP contribution in [0.5, 0.6) is 0 Å². The number of hydrogen-bond acceptors (Lipinski definition) is 7. The number of nitrogens with zero attached hydrogens (tertiary/aromatic N) is 5. The van der Waals surface area contributed by atoms with Crippen molar-refractivity contribution in [2.24, 2.45) is 7.05 Å². The number of aryl methyl sites for hydroxylation is 1. The molecule has 3 aromatic heterocycles. The molecule has 0 aliphatic carbocycles. The first-order valence-corrected chi connectivity index (χ1v) is 10.00. The summed E-state index contributed by atoms with van der Waals surface area (Å²) in [6.07, 6.45) is 6.02. The predicted molar refractivity (Wildman–Crippen MR) is 108 cm³/mol. The number of rotatable bonds is 5. The lowest BCUT2D eigenvalue weighted by Gasteiger charge is -1.99. The van der Waals surface area contributed by atoms with Crippen molar-refractivity contribution < 1.29 is 4.79 Å². The molecule has 0 aliphatic rings. The summed E-state index contributed by atoms with van der Waals surface area (Å²) in [6, 6.07) is 9.54. The van der Waals surface area contributed by atoms with Crippen LogP contribution in [-0.2, 0) is 13.5 Å². The molecule has 0 saturated carbocycles. The van der Waals surface area contributed by atoms with Gasteiger partial charge in [0.2, 0.25) is 0 Å². The quantitative estimate of drug-likeness (QED) is 0.545. The first-order chi connectivity index (χ1) is 13.6. The molecule has 1 amide bonds. The zero-order valence-corrected chi connectivity index (χ0v) is 16.4. The van der Waals surface area contributed by atoms with Crippen LogP contribution in [-0.4, -0.2) is 25.7 Å². The fourth-order valence-corrected chi connectivity index (χ4v) is 4.17. The van der Waals surface area contributed by atoms with Crippen molar-refractivity contribution >= 4 is 33.7 Å². The largest absolute Gasteiger partial charge is 0.296 e. The van der Waals surface area contributed by atoms with E-state index in [2.05, 4.69) is 26.5 Å². The number of amides is 1. The Labute approximate surface area is 168 Å². The average molecular weight is 406 g/mol. The van der Waals surface area contributed by atoms with E-state index in [4.69, 9.17) is 5.26 Å². The highest BCUT2D eigenvalue weighted by Gasteiger charge is 2.14. The fourth-order valence-electron chi connectivity index (χ4n) is 2.55. The Kier molecular flexibility index (Phi) is 4.97. The summed E-state index contributed by atoms with van der Waals surface area (Å²) in [6.45, 7) is 0. The summed E-state index contributed by atoms with van der Waals surface area (Å²) in [7, 11) is 1.84. The molecule has 3 heterocycles. The summed E-state index contributed by atoms with van der Waals surface area (Å²) in [5.74, 6) is -0.286. The number of benzene rings is 1. The molecule has 7 nitrogen and oxygen atoms in total. The first kappa shape index (κ1) is 18.0. The Morgan fingerprint density at radius 1 is 1.29 bits per heavy atom. The van der Waals surface area contributed by atoms with Crippen LogP contribution in [0.3, 0.4) is 0 Å². The van der Waals surface area contributed by atoms with Crippen LogP contribution >= 0.6 is 22.7 Å². The first-order valence-electron chi connectivity index (χ1n) is 8.30. The predicted octanol–water partition coefficient (Wildman–Crippen LogP) is 3.71. The topological polar surface area (TPSA) is 96.5 Å². The lowest BCUT2D eigenvalue weighted by molar-refractivity contribution is 0.102. The van der Waals surface area contributed by atoms with E-state index in [0.29, 0.717) is 22.8 Å². The minimum Gasteiger partial charge on any atom is -0.296 e. The lowest BCUT2D eigenvalue weighted by atomic mass is 10.1. The number of thiazole rings is 2. The number of hydrogen-bond donors (Lipinski definition) is 1. The normalized spacial score (nSPS) is 10.6. The number of carbonyl (C=O) groups is 1. The molecule has 4 aromatic rings. The molecule has 0 unspecified atom stereocenters. The van der Waals surface area contributed by atoms with Gasteiger partial charge in [-0.2, -0.15) is 10.4 Å². The second-order valence-electron chi connectivity index (χ2n) is 6.01. The molecule has 0 atom stereocenters. The number of nitriles is 1. The molecule has 0 spiro atoms. The monoisotopic (exact) mass is 406 g/mol. The van der Waals surface area contributed by atoms with Gasteiger partial charge in [0.15, 0.2) is 5.13 Å². The SMILES string of the molecule is Cn1cc(-c2nc(C(=O)Nc3ncc(Cc4ccc(C#N)cc4)s3)cs2)cn1. The maximum Gasteiger partial charge on any atom is 0.276 e. The Balaban J connectivity index is 1.41. The van der Waals surface area contributed by atoms with Gasteiger partial charge >= 0.3 is 0 Å². The van der Waals surface area contributed by atoms with Gasteiger partial charge in [-0.25, -0.2) is 9.97 Å². The summed E-state index contributed by atoms with van der Waals surface area (Å²) >= 11 is 2.82. The molecule has 4 rings (SSSR count). The van der Waals surface area contributed by atoms with Crippen LogP contribution in [0.25, 0.3) is 10.6 Å². The second-order valence-corrected chi connectivity index (χ2v) is 7.99. The van der Waals surface area contributed by atoms with E-state index in [9.17, 15) is 4.79 Å². The van der Waals surface area contributed by atoms with Gasteiger partial charge in [-0.15, -0.1) is 22.7 Å². The second kappa shape index (κ2) is 7.72. The Hall–Kier alpha value is -3.35. The van der Waals surface area contributed by atoms with Gasteiger partial charge in [0, 0.05) is 41.7 Å². The molecule has 138 valence electrons. The molecule has 9 heteroatoms. The minimum absolute atomic E-state index is 0.286. The van der Waals surface area contributed by atoms with Crippen molar-refractivity contribution in [3.05, 3.63) is 69.9 Å². The average Bonchev–Trinajstić information content (AvgIpc) is 3.43. The molecule has 0 aliphatic heterocycles. The number of nitrogens with one attached hydrogen (secondary N) is 1. The molecule has 1 aromatic carbocycles. The van der Waals surface area contributed by atoms with Crippen LogP contribution in [0.15, 0.2) is 48.2 Å². The van der Waals surface area contributed by atoms with Gasteiger partial charge in [-0.1, -0.05) is 12.1 Å². The highest BCUT2D eigenvalue weighted by atomic mass is 32.1. The van der Waals surface area contributed by atoms with Crippen LogP contribution < -0.4 is 5.32 Å². The summed E-state index contributed by atoms with van der Waals surface area (Å²) in [4.78, 5) is 22.1. The van der Waals surface area contributed by atoms with Gasteiger partial charge in [0.1, 0.15) is 10.7 Å². The van der Waals surface area contributed by atoms with Gasteiger partial charge in [-0.3, -0.25) is 14.8 Å². The highest BCUT2D eigenvalue weighted by molar-refractivity contribution is 7.15. The van der Waals surface area contributed by atoms with E-state index in [1.54, 1.807) is 34.6 Å². The lowest BCUT2D eigenvalue weighted by Crippen LogP contribution is -2.11. The molecule has 0 saturated heterocycles. The van der Waals surface area contributed by atoms with Crippen LogP contribution in [0.2, 0.25) is 0 Å². The number of anilines is 1. The van der Waals surface area contributed by atoms with Crippen LogP contribution in [0, 0.1) is 11.3 Å². The van der Waals surface area contributed by atoms with Crippen molar-refractivity contribution in [3.63, 3.8) is 0 Å². The van der Waals surface area contributed by atoms with Gasteiger partial charge in [0.25, 0.3) is 5.91 Å².